The Bertz CT molecular complexity index is 4340. The highest BCUT2D eigenvalue weighted by atomic mass is 19.2. The lowest BCUT2D eigenvalue weighted by Crippen LogP contribution is -2.41. The van der Waals surface area contributed by atoms with Gasteiger partial charge in [0.05, 0.1) is 33.5 Å². The van der Waals surface area contributed by atoms with Gasteiger partial charge >= 0.3 is 0 Å². The van der Waals surface area contributed by atoms with Crippen LogP contribution in [0.2, 0.25) is 0 Å². The zero-order valence-electron chi connectivity index (χ0n) is 41.6. The van der Waals surface area contributed by atoms with E-state index in [9.17, 15) is 0 Å². The molecule has 0 spiro atoms. The summed E-state index contributed by atoms with van der Waals surface area (Å²) in [4.78, 5) is 5.70. The van der Waals surface area contributed by atoms with Gasteiger partial charge in [0.2, 0.25) is 0 Å². The van der Waals surface area contributed by atoms with Crippen LogP contribution in [0.3, 0.4) is 0 Å². The highest BCUT2D eigenvalue weighted by Crippen LogP contribution is 2.56. The van der Waals surface area contributed by atoms with E-state index >= 15 is 17.6 Å². The van der Waals surface area contributed by atoms with Crippen molar-refractivity contribution < 1.29 is 17.6 Å². The van der Waals surface area contributed by atoms with Crippen LogP contribution < -0.4 is 14.7 Å². The molecule has 0 saturated heterocycles. The van der Waals surface area contributed by atoms with E-state index < -0.39 is 40.1 Å². The number of benzene rings is 11. The first kappa shape index (κ1) is 45.9. The molecular weight excluding hydrogens is 961 g/mol. The number of hydrogen-bond donors (Lipinski definition) is 0. The molecule has 12 aromatic rings. The van der Waals surface area contributed by atoms with Gasteiger partial charge in [-0.2, -0.15) is 0 Å². The Balaban J connectivity index is 0.909. The molecule has 0 fully saturated rings. The first-order chi connectivity index (χ1) is 37.8. The van der Waals surface area contributed by atoms with E-state index in [1.807, 2.05) is 127 Å². The van der Waals surface area contributed by atoms with Gasteiger partial charge in [-0.1, -0.05) is 164 Å². The number of nitrogens with zero attached hydrogens (tertiary/aromatic N) is 4. The average Bonchev–Trinajstić information content (AvgIpc) is 4.14. The molecule has 0 amide bonds. The van der Waals surface area contributed by atoms with Gasteiger partial charge in [-0.05, 0) is 120 Å². The van der Waals surface area contributed by atoms with Crippen molar-refractivity contribution in [3.8, 4) is 16.8 Å². The molecule has 14 rings (SSSR count). The van der Waals surface area contributed by atoms with Crippen LogP contribution in [0.5, 0.6) is 0 Å². The summed E-state index contributed by atoms with van der Waals surface area (Å²) in [6.07, 6.45) is 8.32. The third-order valence-corrected chi connectivity index (χ3v) is 15.6. The third-order valence-electron chi connectivity index (χ3n) is 15.6. The molecule has 2 heterocycles. The minimum absolute atomic E-state index is 0.0287. The summed E-state index contributed by atoms with van der Waals surface area (Å²) in [5.74, 6) is -6.22. The number of aromatic nitrogens is 1. The van der Waals surface area contributed by atoms with Gasteiger partial charge in [-0.3, -0.25) is 0 Å². The summed E-state index contributed by atoms with van der Waals surface area (Å²) in [7, 11) is 0. The maximum atomic E-state index is 17.6. The van der Waals surface area contributed by atoms with Crippen molar-refractivity contribution in [1.82, 2.24) is 4.57 Å². The van der Waals surface area contributed by atoms with Crippen LogP contribution in [0, 0.1) is 23.3 Å². The number of para-hydroxylation sites is 3. The standard InChI is InChI=1S/C69H46F4N4/c1-69-41-15-14-29-57(69)56-43-51(38-40-62(56)77(69)49-24-6-3-7-25-49)76(59-32-17-21-45-19-9-11-27-53(45)59)68-66(72)64(70)63(65(71)67(68)73)46-33-35-48(36-34-46)74(58-31-16-20-44-18-8-10-26-52(44)58)50-37-39-61-55(42-50)54-28-12-13-30-60(54)75(61)47-22-4-2-5-23-47/h2-43,57H,1H3. The largest absolute Gasteiger partial charge is 0.331 e. The predicted octanol–water partition coefficient (Wildman–Crippen LogP) is 19.4. The zero-order valence-corrected chi connectivity index (χ0v) is 41.6. The number of anilines is 8. The first-order valence-corrected chi connectivity index (χ1v) is 25.7. The van der Waals surface area contributed by atoms with Crippen LogP contribution in [0.1, 0.15) is 18.4 Å². The first-order valence-electron chi connectivity index (χ1n) is 25.7. The molecule has 1 aliphatic carbocycles. The number of rotatable bonds is 9. The van der Waals surface area contributed by atoms with E-state index in [-0.39, 0.29) is 11.5 Å². The van der Waals surface area contributed by atoms with Crippen molar-refractivity contribution >= 4 is 88.8 Å². The van der Waals surface area contributed by atoms with Gasteiger partial charge in [-0.25, -0.2) is 17.6 Å². The molecule has 2 aliphatic rings. The minimum atomic E-state index is -1.52. The topological polar surface area (TPSA) is 14.7 Å². The monoisotopic (exact) mass is 1010 g/mol. The smallest absolute Gasteiger partial charge is 0.186 e. The lowest BCUT2D eigenvalue weighted by Gasteiger charge is -2.39. The fourth-order valence-electron chi connectivity index (χ4n) is 12.2. The second-order valence-corrected chi connectivity index (χ2v) is 19.9. The Morgan fingerprint density at radius 1 is 0.429 bits per heavy atom. The van der Waals surface area contributed by atoms with E-state index in [0.717, 1.165) is 72.0 Å². The van der Waals surface area contributed by atoms with Crippen LogP contribution in [0.4, 0.5) is 63.1 Å². The van der Waals surface area contributed by atoms with Crippen molar-refractivity contribution in [2.45, 2.75) is 18.4 Å². The van der Waals surface area contributed by atoms with Gasteiger partial charge in [-0.15, -0.1) is 0 Å². The van der Waals surface area contributed by atoms with Crippen molar-refractivity contribution in [2.75, 3.05) is 14.7 Å². The molecule has 1 aliphatic heterocycles. The summed E-state index contributed by atoms with van der Waals surface area (Å²) < 4.78 is 72.1. The minimum Gasteiger partial charge on any atom is -0.331 e. The third kappa shape index (κ3) is 7.20. The highest BCUT2D eigenvalue weighted by molar-refractivity contribution is 6.11. The molecule has 11 aromatic carbocycles. The van der Waals surface area contributed by atoms with Crippen molar-refractivity contribution in [1.29, 1.82) is 0 Å². The van der Waals surface area contributed by atoms with E-state index in [4.69, 9.17) is 0 Å². The molecule has 1 aromatic heterocycles. The SMILES string of the molecule is CC12C=CC=CC1c1cc(N(c3c(F)c(F)c(-c4ccc(N(c5ccc6c(c5)c5ccccc5n6-c5ccccc5)c5cccc6ccccc56)cc4)c(F)c3F)c3cccc4ccccc34)ccc1N2c1ccccc1. The van der Waals surface area contributed by atoms with Crippen molar-refractivity contribution in [3.63, 3.8) is 0 Å². The molecule has 2 unspecified atom stereocenters. The Hall–Kier alpha value is -9.66. The van der Waals surface area contributed by atoms with Gasteiger partial charge in [0.1, 0.15) is 5.69 Å². The van der Waals surface area contributed by atoms with Gasteiger partial charge < -0.3 is 19.3 Å². The molecule has 0 radical (unpaired) electrons. The van der Waals surface area contributed by atoms with Crippen LogP contribution in [0.15, 0.2) is 255 Å². The normalized spacial score (nSPS) is 15.6. The van der Waals surface area contributed by atoms with Crippen molar-refractivity contribution in [2.24, 2.45) is 0 Å². The van der Waals surface area contributed by atoms with E-state index in [0.29, 0.717) is 22.4 Å². The predicted molar refractivity (Wildman–Crippen MR) is 308 cm³/mol. The summed E-state index contributed by atoms with van der Waals surface area (Å²) in [5.41, 5.74) is 6.77. The van der Waals surface area contributed by atoms with Crippen LogP contribution in [-0.4, -0.2) is 10.1 Å². The second kappa shape index (κ2) is 18.0. The Morgan fingerprint density at radius 2 is 0.961 bits per heavy atom. The van der Waals surface area contributed by atoms with Crippen LogP contribution in [0.25, 0.3) is 60.2 Å². The molecule has 2 atom stereocenters. The second-order valence-electron chi connectivity index (χ2n) is 19.9. The summed E-state index contributed by atoms with van der Waals surface area (Å²) in [6.45, 7) is 2.16. The Labute approximate surface area is 442 Å². The van der Waals surface area contributed by atoms with Gasteiger partial charge in [0, 0.05) is 61.6 Å². The number of halogens is 4. The molecular formula is C69H46F4N4. The molecule has 0 N–H and O–H groups in total. The van der Waals surface area contributed by atoms with E-state index in [1.54, 1.807) is 30.3 Å². The molecule has 0 bridgehead atoms. The molecule has 0 saturated carbocycles. The molecule has 4 nitrogen and oxygen atoms in total. The average molecular weight is 1010 g/mol. The molecule has 77 heavy (non-hydrogen) atoms. The fraction of sp³-hybridized carbons (Fsp3) is 0.0435. The summed E-state index contributed by atoms with van der Waals surface area (Å²) in [5, 5.41) is 5.55. The van der Waals surface area contributed by atoms with Crippen LogP contribution in [-0.2, 0) is 0 Å². The van der Waals surface area contributed by atoms with Crippen molar-refractivity contribution in [3.05, 3.63) is 284 Å². The Morgan fingerprint density at radius 3 is 1.64 bits per heavy atom. The van der Waals surface area contributed by atoms with E-state index in [2.05, 4.69) is 106 Å². The zero-order chi connectivity index (χ0) is 51.9. The maximum absolute atomic E-state index is 17.6. The Kier molecular flexibility index (Phi) is 10.8. The molecule has 370 valence electrons. The quantitative estimate of drug-likeness (QED) is 0.106. The van der Waals surface area contributed by atoms with Gasteiger partial charge in [0.25, 0.3) is 0 Å². The lowest BCUT2D eigenvalue weighted by atomic mass is 9.80. The van der Waals surface area contributed by atoms with Crippen LogP contribution >= 0.6 is 0 Å². The summed E-state index contributed by atoms with van der Waals surface area (Å²) in [6, 6.07) is 74.2. The van der Waals surface area contributed by atoms with E-state index in [1.165, 1.54) is 17.0 Å². The number of fused-ring (bicyclic) bond motifs is 8. The lowest BCUT2D eigenvalue weighted by molar-refractivity contribution is 0.461. The molecule has 8 heteroatoms. The maximum Gasteiger partial charge on any atom is 0.186 e. The summed E-state index contributed by atoms with van der Waals surface area (Å²) >= 11 is 0. The number of hydrogen-bond acceptors (Lipinski definition) is 3. The number of allylic oxidation sites excluding steroid dienone is 2. The fourth-order valence-corrected chi connectivity index (χ4v) is 12.2. The van der Waals surface area contributed by atoms with Gasteiger partial charge in [0.15, 0.2) is 23.3 Å². The highest BCUT2D eigenvalue weighted by Gasteiger charge is 2.47.